The Kier molecular flexibility index (Phi) is 4.85. The molecular formula is C15H28N2O2. The van der Waals surface area contributed by atoms with E-state index < -0.39 is 0 Å². The number of carbonyl (C=O) groups is 1. The minimum atomic E-state index is -0.206. The molecule has 0 aromatic heterocycles. The van der Waals surface area contributed by atoms with Crippen molar-refractivity contribution in [3.05, 3.63) is 0 Å². The highest BCUT2D eigenvalue weighted by atomic mass is 16.5. The third-order valence-electron chi connectivity index (χ3n) is 4.15. The maximum Gasteiger partial charge on any atom is 0.222 e. The molecule has 1 atom stereocenters. The number of piperidine rings is 1. The number of carbonyl (C=O) groups excluding carboxylic acids is 1. The van der Waals surface area contributed by atoms with E-state index in [1.165, 1.54) is 12.8 Å². The van der Waals surface area contributed by atoms with Gasteiger partial charge in [0.2, 0.25) is 5.91 Å². The van der Waals surface area contributed by atoms with Gasteiger partial charge in [-0.3, -0.25) is 4.79 Å². The zero-order valence-electron chi connectivity index (χ0n) is 12.6. The van der Waals surface area contributed by atoms with Crippen molar-refractivity contribution in [1.29, 1.82) is 0 Å². The van der Waals surface area contributed by atoms with E-state index in [0.29, 0.717) is 12.3 Å². The van der Waals surface area contributed by atoms with Gasteiger partial charge in [0.1, 0.15) is 0 Å². The van der Waals surface area contributed by atoms with E-state index >= 15 is 0 Å². The number of nitrogens with zero attached hydrogens (tertiary/aromatic N) is 1. The van der Waals surface area contributed by atoms with Gasteiger partial charge in [-0.1, -0.05) is 0 Å². The fourth-order valence-electron chi connectivity index (χ4n) is 3.30. The van der Waals surface area contributed by atoms with E-state index in [4.69, 9.17) is 4.74 Å². The van der Waals surface area contributed by atoms with E-state index in [2.05, 4.69) is 19.2 Å². The molecule has 2 saturated heterocycles. The monoisotopic (exact) mass is 268 g/mol. The largest absolute Gasteiger partial charge is 0.369 e. The molecule has 1 amide bonds. The fraction of sp³-hybridized carbons (Fsp3) is 0.933. The summed E-state index contributed by atoms with van der Waals surface area (Å²) in [6.07, 6.45) is 4.34. The van der Waals surface area contributed by atoms with Crippen molar-refractivity contribution >= 4 is 5.91 Å². The number of ether oxygens (including phenoxy) is 1. The van der Waals surface area contributed by atoms with Gasteiger partial charge in [-0.05, 0) is 59.0 Å². The van der Waals surface area contributed by atoms with Crippen molar-refractivity contribution in [1.82, 2.24) is 10.2 Å². The van der Waals surface area contributed by atoms with Gasteiger partial charge in [0.15, 0.2) is 0 Å². The van der Waals surface area contributed by atoms with Gasteiger partial charge in [0.25, 0.3) is 0 Å². The zero-order valence-corrected chi connectivity index (χ0v) is 12.6. The molecule has 19 heavy (non-hydrogen) atoms. The Balaban J connectivity index is 1.78. The second-order valence-electron chi connectivity index (χ2n) is 6.69. The average molecular weight is 268 g/mol. The molecule has 2 rings (SSSR count). The molecule has 0 aromatic rings. The minimum Gasteiger partial charge on any atom is -0.369 e. The highest BCUT2D eigenvalue weighted by molar-refractivity contribution is 5.76. The smallest absolute Gasteiger partial charge is 0.222 e. The van der Waals surface area contributed by atoms with Crippen LogP contribution in [-0.4, -0.2) is 48.7 Å². The zero-order chi connectivity index (χ0) is 13.9. The molecule has 1 unspecified atom stereocenters. The number of nitrogens with one attached hydrogen (secondary N) is 1. The highest BCUT2D eigenvalue weighted by Crippen LogP contribution is 2.23. The normalized spacial score (nSPS) is 28.4. The summed E-state index contributed by atoms with van der Waals surface area (Å²) >= 11 is 0. The summed E-state index contributed by atoms with van der Waals surface area (Å²) in [5, 5.41) is 3.37. The van der Waals surface area contributed by atoms with Gasteiger partial charge in [-0.2, -0.15) is 0 Å². The summed E-state index contributed by atoms with van der Waals surface area (Å²) in [6, 6.07) is 0. The summed E-state index contributed by atoms with van der Waals surface area (Å²) in [4.78, 5) is 14.3. The second kappa shape index (κ2) is 6.23. The molecule has 2 heterocycles. The highest BCUT2D eigenvalue weighted by Gasteiger charge is 2.33. The van der Waals surface area contributed by atoms with E-state index in [9.17, 15) is 4.79 Å². The molecule has 0 saturated carbocycles. The summed E-state index contributed by atoms with van der Waals surface area (Å²) in [7, 11) is 0. The summed E-state index contributed by atoms with van der Waals surface area (Å²) in [6.45, 7) is 9.87. The topological polar surface area (TPSA) is 41.6 Å². The van der Waals surface area contributed by atoms with Crippen LogP contribution in [0.2, 0.25) is 0 Å². The molecule has 0 bridgehead atoms. The van der Waals surface area contributed by atoms with Crippen LogP contribution in [0, 0.1) is 5.92 Å². The maximum atomic E-state index is 12.3. The second-order valence-corrected chi connectivity index (χ2v) is 6.69. The molecule has 110 valence electrons. The van der Waals surface area contributed by atoms with E-state index in [0.717, 1.165) is 38.5 Å². The number of hydrogen-bond acceptors (Lipinski definition) is 3. The summed E-state index contributed by atoms with van der Waals surface area (Å²) in [5.41, 5.74) is -0.206. The van der Waals surface area contributed by atoms with Gasteiger partial charge in [0, 0.05) is 19.5 Å². The van der Waals surface area contributed by atoms with Gasteiger partial charge in [0.05, 0.1) is 11.7 Å². The Morgan fingerprint density at radius 1 is 1.37 bits per heavy atom. The summed E-state index contributed by atoms with van der Waals surface area (Å²) < 4.78 is 5.85. The molecule has 0 aliphatic carbocycles. The lowest BCUT2D eigenvalue weighted by Gasteiger charge is -2.42. The quantitative estimate of drug-likeness (QED) is 0.848. The third kappa shape index (κ3) is 4.46. The lowest BCUT2D eigenvalue weighted by Crippen LogP contribution is -2.53. The number of morpholine rings is 1. The maximum absolute atomic E-state index is 12.3. The summed E-state index contributed by atoms with van der Waals surface area (Å²) in [5.74, 6) is 1.04. The van der Waals surface area contributed by atoms with E-state index in [-0.39, 0.29) is 11.7 Å². The number of hydrogen-bond donors (Lipinski definition) is 1. The number of rotatable bonds is 3. The van der Waals surface area contributed by atoms with Crippen LogP contribution in [-0.2, 0) is 9.53 Å². The predicted molar refractivity (Wildman–Crippen MR) is 76.0 cm³/mol. The molecule has 0 spiro atoms. The number of amides is 1. The Labute approximate surface area is 116 Å². The van der Waals surface area contributed by atoms with Gasteiger partial charge in [-0.25, -0.2) is 0 Å². The lowest BCUT2D eigenvalue weighted by molar-refractivity contribution is -0.158. The Hall–Kier alpha value is -0.610. The average Bonchev–Trinajstić information content (AvgIpc) is 2.34. The van der Waals surface area contributed by atoms with Crippen LogP contribution in [0.15, 0.2) is 0 Å². The predicted octanol–water partition coefficient (Wildman–Crippen LogP) is 1.79. The van der Waals surface area contributed by atoms with Crippen molar-refractivity contribution in [2.45, 2.75) is 58.2 Å². The standard InChI is InChI=1S/C15H28N2O2/c1-12-10-17(11-15(2,3)19-12)14(18)5-4-13-6-8-16-9-7-13/h12-13,16H,4-11H2,1-3H3. The Morgan fingerprint density at radius 2 is 2.05 bits per heavy atom. The molecular weight excluding hydrogens is 240 g/mol. The van der Waals surface area contributed by atoms with Crippen LogP contribution in [0.25, 0.3) is 0 Å². The van der Waals surface area contributed by atoms with Crippen LogP contribution in [0.4, 0.5) is 0 Å². The first-order valence-electron chi connectivity index (χ1n) is 7.62. The van der Waals surface area contributed by atoms with Gasteiger partial charge >= 0.3 is 0 Å². The molecule has 1 N–H and O–H groups in total. The van der Waals surface area contributed by atoms with Gasteiger partial charge < -0.3 is 15.0 Å². The van der Waals surface area contributed by atoms with Crippen LogP contribution in [0.5, 0.6) is 0 Å². The van der Waals surface area contributed by atoms with Gasteiger partial charge in [-0.15, -0.1) is 0 Å². The van der Waals surface area contributed by atoms with Crippen molar-refractivity contribution in [3.63, 3.8) is 0 Å². The molecule has 0 radical (unpaired) electrons. The minimum absolute atomic E-state index is 0.145. The van der Waals surface area contributed by atoms with Crippen LogP contribution in [0.1, 0.15) is 46.5 Å². The van der Waals surface area contributed by atoms with Crippen molar-refractivity contribution in [2.24, 2.45) is 5.92 Å². The first-order valence-corrected chi connectivity index (χ1v) is 7.62. The van der Waals surface area contributed by atoms with Crippen LogP contribution in [0.3, 0.4) is 0 Å². The van der Waals surface area contributed by atoms with Crippen LogP contribution < -0.4 is 5.32 Å². The Morgan fingerprint density at radius 3 is 2.68 bits per heavy atom. The van der Waals surface area contributed by atoms with Crippen molar-refractivity contribution in [3.8, 4) is 0 Å². The van der Waals surface area contributed by atoms with E-state index in [1.54, 1.807) is 0 Å². The van der Waals surface area contributed by atoms with E-state index in [1.807, 2.05) is 11.8 Å². The SMILES string of the molecule is CC1CN(C(=O)CCC2CCNCC2)CC(C)(C)O1. The third-order valence-corrected chi connectivity index (χ3v) is 4.15. The first kappa shape index (κ1) is 14.8. The molecule has 2 fully saturated rings. The molecule has 2 aliphatic rings. The molecule has 4 heteroatoms. The Bertz CT molecular complexity index is 311. The first-order chi connectivity index (χ1) is 8.96. The van der Waals surface area contributed by atoms with Crippen LogP contribution >= 0.6 is 0 Å². The fourth-order valence-corrected chi connectivity index (χ4v) is 3.30. The molecule has 0 aromatic carbocycles. The van der Waals surface area contributed by atoms with Crippen molar-refractivity contribution in [2.75, 3.05) is 26.2 Å². The lowest BCUT2D eigenvalue weighted by atomic mass is 9.93. The van der Waals surface area contributed by atoms with Crippen molar-refractivity contribution < 1.29 is 9.53 Å². The molecule has 2 aliphatic heterocycles. The molecule has 4 nitrogen and oxygen atoms in total.